The minimum absolute atomic E-state index is 0.0972. The molecule has 2 aromatic carbocycles. The van der Waals surface area contributed by atoms with Gasteiger partial charge in [-0.05, 0) is 36.9 Å². The van der Waals surface area contributed by atoms with Crippen molar-refractivity contribution in [2.45, 2.75) is 10.1 Å². The van der Waals surface area contributed by atoms with Crippen molar-refractivity contribution < 1.29 is 14.1 Å². The summed E-state index contributed by atoms with van der Waals surface area (Å²) in [4.78, 5) is 28.0. The van der Waals surface area contributed by atoms with E-state index in [4.69, 9.17) is 0 Å². The number of hydrogen-bond donors (Lipinski definition) is 1. The number of rotatable bonds is 7. The lowest BCUT2D eigenvalue weighted by Gasteiger charge is -2.33. The van der Waals surface area contributed by atoms with Crippen LogP contribution in [0, 0.1) is 15.9 Å². The molecule has 1 amide bonds. The normalized spacial score (nSPS) is 14.3. The van der Waals surface area contributed by atoms with Gasteiger partial charge in [-0.15, -0.1) is 10.2 Å². The van der Waals surface area contributed by atoms with Gasteiger partial charge in [0.2, 0.25) is 5.13 Å². The van der Waals surface area contributed by atoms with Gasteiger partial charge in [0.1, 0.15) is 11.5 Å². The molecule has 0 unspecified atom stereocenters. The van der Waals surface area contributed by atoms with Crippen LogP contribution in [0.5, 0.6) is 0 Å². The minimum atomic E-state index is -0.491. The number of benzene rings is 2. The maximum Gasteiger partial charge on any atom is 0.293 e. The van der Waals surface area contributed by atoms with E-state index >= 15 is 0 Å². The summed E-state index contributed by atoms with van der Waals surface area (Å²) >= 11 is 2.62. The first-order valence-electron chi connectivity index (χ1n) is 10.1. The van der Waals surface area contributed by atoms with Crippen LogP contribution in [0.3, 0.4) is 0 Å². The molecule has 12 heteroatoms. The molecule has 3 aromatic rings. The van der Waals surface area contributed by atoms with Crippen LogP contribution in [0.2, 0.25) is 0 Å². The molecule has 0 bridgehead atoms. The first-order chi connectivity index (χ1) is 15.9. The van der Waals surface area contributed by atoms with Crippen LogP contribution >= 0.6 is 23.1 Å². The number of thioether (sulfide) groups is 1. The highest BCUT2D eigenvalue weighted by Crippen LogP contribution is 2.31. The fourth-order valence-corrected chi connectivity index (χ4v) is 5.04. The fraction of sp³-hybridized carbons (Fsp3) is 0.286. The zero-order valence-corrected chi connectivity index (χ0v) is 19.4. The largest absolute Gasteiger partial charge is 0.363 e. The summed E-state index contributed by atoms with van der Waals surface area (Å²) in [6.45, 7) is 3.01. The third-order valence-corrected chi connectivity index (χ3v) is 7.22. The number of halogens is 1. The number of nitro groups is 1. The number of carbonyl (C=O) groups is 1. The van der Waals surface area contributed by atoms with Crippen LogP contribution in [0.25, 0.3) is 0 Å². The Morgan fingerprint density at radius 3 is 2.61 bits per heavy atom. The van der Waals surface area contributed by atoms with Gasteiger partial charge in [0.05, 0.1) is 4.92 Å². The number of nitrogens with one attached hydrogen (secondary N) is 1. The van der Waals surface area contributed by atoms with E-state index in [2.05, 4.69) is 20.4 Å². The molecule has 33 heavy (non-hydrogen) atoms. The average molecular weight is 489 g/mol. The van der Waals surface area contributed by atoms with Crippen molar-refractivity contribution in [2.24, 2.45) is 0 Å². The summed E-state index contributed by atoms with van der Waals surface area (Å²) in [6.07, 6.45) is 0. The molecular formula is C21H21FN6O3S2. The first-order valence-corrected chi connectivity index (χ1v) is 11.9. The maximum absolute atomic E-state index is 13.0. The second-order valence-corrected chi connectivity index (χ2v) is 9.69. The van der Waals surface area contributed by atoms with E-state index in [-0.39, 0.29) is 17.1 Å². The van der Waals surface area contributed by atoms with E-state index < -0.39 is 10.8 Å². The lowest BCUT2D eigenvalue weighted by molar-refractivity contribution is -0.384. The molecular weight excluding hydrogens is 467 g/mol. The van der Waals surface area contributed by atoms with E-state index in [0.717, 1.165) is 18.7 Å². The first kappa shape index (κ1) is 23.1. The Balaban J connectivity index is 1.41. The van der Waals surface area contributed by atoms with Crippen LogP contribution < -0.4 is 10.2 Å². The Bertz CT molecular complexity index is 1150. The molecule has 2 heterocycles. The summed E-state index contributed by atoms with van der Waals surface area (Å²) in [6, 6.07) is 10.7. The molecule has 1 aliphatic heterocycles. The number of piperazine rings is 1. The molecule has 0 aliphatic carbocycles. The summed E-state index contributed by atoms with van der Waals surface area (Å²) in [5.41, 5.74) is 1.53. The fourth-order valence-electron chi connectivity index (χ4n) is 3.34. The molecule has 0 saturated carbocycles. The Morgan fingerprint density at radius 1 is 1.18 bits per heavy atom. The summed E-state index contributed by atoms with van der Waals surface area (Å²) in [7, 11) is 2.01. The predicted octanol–water partition coefficient (Wildman–Crippen LogP) is 3.88. The van der Waals surface area contributed by atoms with Crippen LogP contribution in [-0.2, 0) is 5.75 Å². The molecule has 0 radical (unpaired) electrons. The summed E-state index contributed by atoms with van der Waals surface area (Å²) in [5, 5.41) is 22.6. The molecule has 1 saturated heterocycles. The van der Waals surface area contributed by atoms with Crippen LogP contribution in [0.15, 0.2) is 46.8 Å². The van der Waals surface area contributed by atoms with E-state index in [9.17, 15) is 19.3 Å². The van der Waals surface area contributed by atoms with Crippen molar-refractivity contribution in [1.29, 1.82) is 0 Å². The lowest BCUT2D eigenvalue weighted by atomic mass is 10.1. The van der Waals surface area contributed by atoms with Crippen molar-refractivity contribution in [3.05, 3.63) is 69.5 Å². The molecule has 9 nitrogen and oxygen atoms in total. The topological polar surface area (TPSA) is 104 Å². The standard InChI is InChI=1S/C21H21FN6O3S2/c1-26-8-10-27(11-9-26)17-7-4-15(12-18(17)28(30)31)19(29)23-20-24-25-21(33-20)32-13-14-2-5-16(22)6-3-14/h2-7,12H,8-11,13H2,1H3,(H,23,24,29). The maximum atomic E-state index is 13.0. The highest BCUT2D eigenvalue weighted by Gasteiger charge is 2.24. The number of aromatic nitrogens is 2. The second kappa shape index (κ2) is 10.2. The van der Waals surface area contributed by atoms with Crippen molar-refractivity contribution in [3.63, 3.8) is 0 Å². The Kier molecular flexibility index (Phi) is 7.16. The quantitative estimate of drug-likeness (QED) is 0.231. The number of amides is 1. The Hall–Kier alpha value is -3.09. The zero-order chi connectivity index (χ0) is 23.4. The molecule has 1 aromatic heterocycles. The Labute approximate surface area is 197 Å². The van der Waals surface area contributed by atoms with Gasteiger partial charge in [0, 0.05) is 43.6 Å². The van der Waals surface area contributed by atoms with Gasteiger partial charge in [-0.3, -0.25) is 20.2 Å². The van der Waals surface area contributed by atoms with Gasteiger partial charge in [-0.25, -0.2) is 4.39 Å². The van der Waals surface area contributed by atoms with Crippen molar-refractivity contribution in [2.75, 3.05) is 43.4 Å². The van der Waals surface area contributed by atoms with E-state index in [0.29, 0.717) is 34.0 Å². The molecule has 1 fully saturated rings. The summed E-state index contributed by atoms with van der Waals surface area (Å²) in [5.74, 6) is -0.196. The van der Waals surface area contributed by atoms with Gasteiger partial charge in [-0.1, -0.05) is 35.2 Å². The third-order valence-electron chi connectivity index (χ3n) is 5.18. The number of likely N-dealkylation sites (N-methyl/N-ethyl adjacent to an activating group) is 1. The lowest BCUT2D eigenvalue weighted by Crippen LogP contribution is -2.44. The molecule has 4 rings (SSSR count). The highest BCUT2D eigenvalue weighted by atomic mass is 32.2. The van der Waals surface area contributed by atoms with Gasteiger partial charge in [0.15, 0.2) is 4.34 Å². The predicted molar refractivity (Wildman–Crippen MR) is 127 cm³/mol. The third kappa shape index (κ3) is 5.83. The monoisotopic (exact) mass is 488 g/mol. The summed E-state index contributed by atoms with van der Waals surface area (Å²) < 4.78 is 13.7. The van der Waals surface area contributed by atoms with Gasteiger partial charge >= 0.3 is 0 Å². The molecule has 172 valence electrons. The smallest absolute Gasteiger partial charge is 0.293 e. The number of carbonyl (C=O) groups excluding carboxylic acids is 1. The van der Waals surface area contributed by atoms with E-state index in [1.807, 2.05) is 11.9 Å². The number of hydrogen-bond acceptors (Lipinski definition) is 9. The Morgan fingerprint density at radius 2 is 1.91 bits per heavy atom. The number of anilines is 2. The van der Waals surface area contributed by atoms with Crippen LogP contribution in [0.1, 0.15) is 15.9 Å². The zero-order valence-electron chi connectivity index (χ0n) is 17.7. The molecule has 1 aliphatic rings. The van der Waals surface area contributed by atoms with Crippen LogP contribution in [-0.4, -0.2) is 59.2 Å². The van der Waals surface area contributed by atoms with Crippen molar-refractivity contribution in [3.8, 4) is 0 Å². The average Bonchev–Trinajstić information content (AvgIpc) is 3.26. The van der Waals surface area contributed by atoms with Crippen molar-refractivity contribution >= 4 is 45.5 Å². The second-order valence-electron chi connectivity index (χ2n) is 7.49. The van der Waals surface area contributed by atoms with E-state index in [1.165, 1.54) is 41.3 Å². The molecule has 0 atom stereocenters. The highest BCUT2D eigenvalue weighted by molar-refractivity contribution is 8.00. The molecule has 1 N–H and O–H groups in total. The SMILES string of the molecule is CN1CCN(c2ccc(C(=O)Nc3nnc(SCc4ccc(F)cc4)s3)cc2[N+](=O)[O-])CC1. The van der Waals surface area contributed by atoms with Gasteiger partial charge < -0.3 is 9.80 Å². The number of nitrogens with zero attached hydrogens (tertiary/aromatic N) is 5. The van der Waals surface area contributed by atoms with Crippen molar-refractivity contribution in [1.82, 2.24) is 15.1 Å². The van der Waals surface area contributed by atoms with Crippen LogP contribution in [0.4, 0.5) is 20.9 Å². The van der Waals surface area contributed by atoms with Gasteiger partial charge in [-0.2, -0.15) is 0 Å². The van der Waals surface area contributed by atoms with E-state index in [1.54, 1.807) is 24.3 Å². The van der Waals surface area contributed by atoms with Gasteiger partial charge in [0.25, 0.3) is 11.6 Å². The minimum Gasteiger partial charge on any atom is -0.363 e. The number of nitro benzene ring substituents is 1. The molecule has 0 spiro atoms.